The Bertz CT molecular complexity index is 643. The molecule has 19 heavy (non-hydrogen) atoms. The van der Waals surface area contributed by atoms with Crippen LogP contribution < -0.4 is 5.32 Å². The van der Waals surface area contributed by atoms with Gasteiger partial charge >= 0.3 is 0 Å². The number of pyridine rings is 1. The maximum Gasteiger partial charge on any atom is 0.255 e. The summed E-state index contributed by atoms with van der Waals surface area (Å²) in [5.74, 6) is -0.164. The number of anilines is 1. The lowest BCUT2D eigenvalue weighted by Crippen LogP contribution is -2.13. The molecule has 0 aliphatic carbocycles. The van der Waals surface area contributed by atoms with Crippen LogP contribution in [0.25, 0.3) is 0 Å². The van der Waals surface area contributed by atoms with Crippen molar-refractivity contribution in [1.82, 2.24) is 4.98 Å². The molecule has 0 spiro atoms. The summed E-state index contributed by atoms with van der Waals surface area (Å²) in [5, 5.41) is 3.24. The van der Waals surface area contributed by atoms with E-state index in [2.05, 4.69) is 26.2 Å². The van der Waals surface area contributed by atoms with E-state index in [1.54, 1.807) is 18.3 Å². The molecule has 0 aliphatic rings. The summed E-state index contributed by atoms with van der Waals surface area (Å²) >= 11 is 9.19. The van der Waals surface area contributed by atoms with Crippen molar-refractivity contribution in [2.45, 2.75) is 13.8 Å². The molecule has 0 unspecified atom stereocenters. The van der Waals surface area contributed by atoms with Crippen LogP contribution in [-0.2, 0) is 0 Å². The Kier molecular flexibility index (Phi) is 4.22. The molecule has 0 atom stereocenters. The molecular formula is C14H12BrClN2O. The molecule has 2 rings (SSSR count). The molecule has 2 aromatic rings. The van der Waals surface area contributed by atoms with Crippen molar-refractivity contribution < 1.29 is 4.79 Å². The first kappa shape index (κ1) is 14.0. The van der Waals surface area contributed by atoms with Gasteiger partial charge in [-0.3, -0.25) is 4.79 Å². The second-order valence-electron chi connectivity index (χ2n) is 4.24. The van der Waals surface area contributed by atoms with Crippen LogP contribution in [-0.4, -0.2) is 10.9 Å². The summed E-state index contributed by atoms with van der Waals surface area (Å²) < 4.78 is 0.980. The highest BCUT2D eigenvalue weighted by molar-refractivity contribution is 9.10. The van der Waals surface area contributed by atoms with Crippen LogP contribution >= 0.6 is 27.5 Å². The third-order valence-electron chi connectivity index (χ3n) is 2.75. The lowest BCUT2D eigenvalue weighted by Gasteiger charge is -2.09. The highest BCUT2D eigenvalue weighted by Gasteiger charge is 2.09. The molecule has 0 fully saturated rings. The third-order valence-corrected chi connectivity index (χ3v) is 3.84. The summed E-state index contributed by atoms with van der Waals surface area (Å²) in [5.41, 5.74) is 3.16. The Labute approximate surface area is 125 Å². The molecule has 0 aliphatic heterocycles. The molecule has 1 aromatic carbocycles. The van der Waals surface area contributed by atoms with Crippen molar-refractivity contribution in [3.63, 3.8) is 0 Å². The van der Waals surface area contributed by atoms with Crippen LogP contribution in [0, 0.1) is 13.8 Å². The first-order valence-corrected chi connectivity index (χ1v) is 6.84. The van der Waals surface area contributed by atoms with Crippen LogP contribution in [0.15, 0.2) is 34.9 Å². The second kappa shape index (κ2) is 5.72. The van der Waals surface area contributed by atoms with Gasteiger partial charge in [0.25, 0.3) is 5.91 Å². The first-order chi connectivity index (χ1) is 8.97. The van der Waals surface area contributed by atoms with Gasteiger partial charge in [0.2, 0.25) is 0 Å². The zero-order valence-electron chi connectivity index (χ0n) is 10.5. The number of rotatable bonds is 2. The number of benzene rings is 1. The Morgan fingerprint density at radius 2 is 2.00 bits per heavy atom. The van der Waals surface area contributed by atoms with E-state index in [1.807, 2.05) is 26.0 Å². The number of nitrogens with zero attached hydrogens (tertiary/aromatic N) is 1. The number of nitrogens with one attached hydrogen (secondary N) is 1. The van der Waals surface area contributed by atoms with E-state index < -0.39 is 0 Å². The molecule has 0 saturated heterocycles. The molecule has 5 heteroatoms. The minimum absolute atomic E-state index is 0.164. The highest BCUT2D eigenvalue weighted by atomic mass is 79.9. The normalized spacial score (nSPS) is 10.3. The summed E-state index contributed by atoms with van der Waals surface area (Å²) in [6, 6.07) is 7.17. The minimum atomic E-state index is -0.164. The number of hydrogen-bond acceptors (Lipinski definition) is 2. The number of hydrogen-bond donors (Lipinski definition) is 1. The average Bonchev–Trinajstić information content (AvgIpc) is 2.36. The van der Waals surface area contributed by atoms with Crippen LogP contribution in [0.4, 0.5) is 5.69 Å². The second-order valence-corrected chi connectivity index (χ2v) is 5.48. The number of carbonyl (C=O) groups excluding carboxylic acids is 1. The number of carbonyl (C=O) groups is 1. The van der Waals surface area contributed by atoms with Crippen LogP contribution in [0.5, 0.6) is 0 Å². The quantitative estimate of drug-likeness (QED) is 0.826. The number of amides is 1. The molecule has 1 heterocycles. The van der Waals surface area contributed by atoms with Gasteiger partial charge < -0.3 is 5.32 Å². The largest absolute Gasteiger partial charge is 0.320 e. The smallest absolute Gasteiger partial charge is 0.255 e. The predicted octanol–water partition coefficient (Wildman–Crippen LogP) is 4.37. The highest BCUT2D eigenvalue weighted by Crippen LogP contribution is 2.20. The van der Waals surface area contributed by atoms with E-state index in [0.717, 1.165) is 15.6 Å². The Hall–Kier alpha value is -1.39. The van der Waals surface area contributed by atoms with Crippen molar-refractivity contribution >= 4 is 39.1 Å². The van der Waals surface area contributed by atoms with Gasteiger partial charge in [-0.1, -0.05) is 27.5 Å². The van der Waals surface area contributed by atoms with E-state index in [1.165, 1.54) is 0 Å². The standard InChI is InChI=1S/C14H12BrClN2O/c1-8-5-10(3-4-11(8)15)14(19)18-12-7-17-13(16)6-9(12)2/h3-7H,1-2H3,(H,18,19). The van der Waals surface area contributed by atoms with E-state index in [9.17, 15) is 4.79 Å². The number of aryl methyl sites for hydroxylation is 2. The lowest BCUT2D eigenvalue weighted by atomic mass is 10.1. The maximum atomic E-state index is 12.1. The maximum absolute atomic E-state index is 12.1. The van der Waals surface area contributed by atoms with Gasteiger partial charge in [-0.05, 0) is 49.2 Å². The third kappa shape index (κ3) is 3.33. The fraction of sp³-hybridized carbons (Fsp3) is 0.143. The van der Waals surface area contributed by atoms with Crippen LogP contribution in [0.3, 0.4) is 0 Å². The van der Waals surface area contributed by atoms with Crippen molar-refractivity contribution in [2.24, 2.45) is 0 Å². The van der Waals surface area contributed by atoms with Crippen LogP contribution in [0.2, 0.25) is 5.15 Å². The van der Waals surface area contributed by atoms with E-state index in [4.69, 9.17) is 11.6 Å². The van der Waals surface area contributed by atoms with Crippen LogP contribution in [0.1, 0.15) is 21.5 Å². The van der Waals surface area contributed by atoms with Crippen molar-refractivity contribution in [3.05, 3.63) is 56.8 Å². The van der Waals surface area contributed by atoms with Gasteiger partial charge in [0.05, 0.1) is 11.9 Å². The summed E-state index contributed by atoms with van der Waals surface area (Å²) in [6.07, 6.45) is 1.56. The average molecular weight is 340 g/mol. The van der Waals surface area contributed by atoms with Gasteiger partial charge in [-0.15, -0.1) is 0 Å². The van der Waals surface area contributed by atoms with Gasteiger partial charge in [-0.25, -0.2) is 4.98 Å². The molecule has 1 amide bonds. The van der Waals surface area contributed by atoms with Gasteiger partial charge in [0.1, 0.15) is 5.15 Å². The number of aromatic nitrogens is 1. The molecule has 0 saturated carbocycles. The van der Waals surface area contributed by atoms with Crippen molar-refractivity contribution in [1.29, 1.82) is 0 Å². The van der Waals surface area contributed by atoms with Crippen molar-refractivity contribution in [2.75, 3.05) is 5.32 Å². The molecule has 0 radical (unpaired) electrons. The van der Waals surface area contributed by atoms with Gasteiger partial charge in [0.15, 0.2) is 0 Å². The summed E-state index contributed by atoms with van der Waals surface area (Å²) in [7, 11) is 0. The van der Waals surface area contributed by atoms with Crippen molar-refractivity contribution in [3.8, 4) is 0 Å². The topological polar surface area (TPSA) is 42.0 Å². The van der Waals surface area contributed by atoms with E-state index in [-0.39, 0.29) is 5.91 Å². The Morgan fingerprint density at radius 1 is 1.26 bits per heavy atom. The molecular weight excluding hydrogens is 328 g/mol. The first-order valence-electron chi connectivity index (χ1n) is 5.67. The predicted molar refractivity (Wildman–Crippen MR) is 80.8 cm³/mol. The minimum Gasteiger partial charge on any atom is -0.320 e. The monoisotopic (exact) mass is 338 g/mol. The number of halogens is 2. The molecule has 1 aromatic heterocycles. The Morgan fingerprint density at radius 3 is 2.63 bits per heavy atom. The molecule has 0 bridgehead atoms. The van der Waals surface area contributed by atoms with Gasteiger partial charge in [-0.2, -0.15) is 0 Å². The Balaban J connectivity index is 2.23. The van der Waals surface area contributed by atoms with E-state index >= 15 is 0 Å². The lowest BCUT2D eigenvalue weighted by molar-refractivity contribution is 0.102. The molecule has 1 N–H and O–H groups in total. The molecule has 98 valence electrons. The SMILES string of the molecule is Cc1cc(C(=O)Nc2cnc(Cl)cc2C)ccc1Br. The fourth-order valence-corrected chi connectivity index (χ4v) is 2.09. The van der Waals surface area contributed by atoms with Gasteiger partial charge in [0, 0.05) is 10.0 Å². The van der Waals surface area contributed by atoms with E-state index in [0.29, 0.717) is 16.4 Å². The zero-order valence-corrected chi connectivity index (χ0v) is 12.8. The summed E-state index contributed by atoms with van der Waals surface area (Å²) in [4.78, 5) is 16.1. The fourth-order valence-electron chi connectivity index (χ4n) is 1.63. The zero-order chi connectivity index (χ0) is 14.0. The molecule has 3 nitrogen and oxygen atoms in total. The summed E-state index contributed by atoms with van der Waals surface area (Å²) in [6.45, 7) is 3.81.